The Morgan fingerprint density at radius 2 is 2.00 bits per heavy atom. The van der Waals surface area contributed by atoms with Crippen molar-refractivity contribution in [3.63, 3.8) is 0 Å². The van der Waals surface area contributed by atoms with Crippen molar-refractivity contribution in [2.45, 2.75) is 25.8 Å². The van der Waals surface area contributed by atoms with Crippen LogP contribution in [0.25, 0.3) is 0 Å². The quantitative estimate of drug-likeness (QED) is 0.759. The fourth-order valence-electron chi connectivity index (χ4n) is 4.50. The van der Waals surface area contributed by atoms with Gasteiger partial charge in [0.05, 0.1) is 38.7 Å². The lowest BCUT2D eigenvalue weighted by molar-refractivity contribution is -0.917. The second-order valence-electron chi connectivity index (χ2n) is 7.92. The maximum Gasteiger partial charge on any atom is 0.314 e. The summed E-state index contributed by atoms with van der Waals surface area (Å²) in [5, 5.41) is 0. The van der Waals surface area contributed by atoms with Crippen LogP contribution >= 0.6 is 0 Å². The number of nitrogens with two attached hydrogens (primary N) is 1. The van der Waals surface area contributed by atoms with Crippen LogP contribution in [0.5, 0.6) is 5.75 Å². The molecule has 0 unspecified atom stereocenters. The first-order valence-electron chi connectivity index (χ1n) is 10.0. The van der Waals surface area contributed by atoms with Crippen LogP contribution in [-0.2, 0) is 17.8 Å². The molecule has 3 amide bonds. The number of piperidine rings is 1. The summed E-state index contributed by atoms with van der Waals surface area (Å²) in [6, 6.07) is 6.11. The van der Waals surface area contributed by atoms with Gasteiger partial charge in [0.25, 0.3) is 0 Å². The number of hydrogen-bond donors (Lipinski definition) is 2. The molecule has 3 heterocycles. The Labute approximate surface area is 160 Å². The van der Waals surface area contributed by atoms with Gasteiger partial charge in [0.15, 0.2) is 0 Å². The Hall–Kier alpha value is -2.28. The van der Waals surface area contributed by atoms with Crippen LogP contribution in [0.1, 0.15) is 24.0 Å². The maximum absolute atomic E-state index is 12.8. The van der Waals surface area contributed by atoms with Crippen molar-refractivity contribution in [3.05, 3.63) is 29.3 Å². The number of primary amides is 1. The molecule has 7 heteroatoms. The lowest BCUT2D eigenvalue weighted by Gasteiger charge is -2.37. The van der Waals surface area contributed by atoms with E-state index >= 15 is 0 Å². The molecule has 0 spiro atoms. The highest BCUT2D eigenvalue weighted by Crippen LogP contribution is 2.25. The van der Waals surface area contributed by atoms with Crippen LogP contribution in [0.3, 0.4) is 0 Å². The highest BCUT2D eigenvalue weighted by molar-refractivity contribution is 5.80. The first-order valence-corrected chi connectivity index (χ1v) is 10.0. The number of rotatable bonds is 3. The number of amides is 3. The molecule has 1 atom stereocenters. The van der Waals surface area contributed by atoms with Crippen molar-refractivity contribution in [1.82, 2.24) is 9.80 Å². The van der Waals surface area contributed by atoms with Crippen LogP contribution in [0.4, 0.5) is 4.79 Å². The number of benzene rings is 1. The smallest absolute Gasteiger partial charge is 0.314 e. The molecular weight excluding hydrogens is 344 g/mol. The Morgan fingerprint density at radius 3 is 2.78 bits per heavy atom. The van der Waals surface area contributed by atoms with E-state index in [1.807, 2.05) is 4.90 Å². The van der Waals surface area contributed by atoms with Crippen molar-refractivity contribution in [2.24, 2.45) is 11.7 Å². The van der Waals surface area contributed by atoms with Gasteiger partial charge >= 0.3 is 6.03 Å². The minimum Gasteiger partial charge on any atom is -0.493 e. The number of carbonyl (C=O) groups is 2. The number of carbonyl (C=O) groups excluding carboxylic acids is 2. The summed E-state index contributed by atoms with van der Waals surface area (Å²) in [5.41, 5.74) is 8.05. The van der Waals surface area contributed by atoms with E-state index in [4.69, 9.17) is 10.5 Å². The molecule has 7 nitrogen and oxygen atoms in total. The molecule has 27 heavy (non-hydrogen) atoms. The Kier molecular flexibility index (Phi) is 5.20. The number of ether oxygens (including phenoxy) is 1. The van der Waals surface area contributed by atoms with E-state index in [0.29, 0.717) is 13.1 Å². The minimum absolute atomic E-state index is 0.0930. The highest BCUT2D eigenvalue weighted by Gasteiger charge is 2.33. The predicted molar refractivity (Wildman–Crippen MR) is 101 cm³/mol. The van der Waals surface area contributed by atoms with Crippen molar-refractivity contribution in [2.75, 3.05) is 45.9 Å². The number of hydrogen-bond acceptors (Lipinski definition) is 3. The number of urea groups is 1. The summed E-state index contributed by atoms with van der Waals surface area (Å²) in [6.07, 6.45) is 2.71. The number of fused-ring (bicyclic) bond motifs is 1. The summed E-state index contributed by atoms with van der Waals surface area (Å²) in [4.78, 5) is 29.3. The third-order valence-corrected chi connectivity index (χ3v) is 6.07. The molecule has 4 rings (SSSR count). The Morgan fingerprint density at radius 1 is 1.19 bits per heavy atom. The topological polar surface area (TPSA) is 80.3 Å². The van der Waals surface area contributed by atoms with E-state index in [1.165, 1.54) is 16.0 Å². The summed E-state index contributed by atoms with van der Waals surface area (Å²) in [6.45, 7) is 6.43. The first-order chi connectivity index (χ1) is 13.1. The van der Waals surface area contributed by atoms with Gasteiger partial charge in [-0.05, 0) is 36.6 Å². The van der Waals surface area contributed by atoms with Crippen molar-refractivity contribution in [1.29, 1.82) is 0 Å². The number of likely N-dealkylation sites (tertiary alicyclic amines) is 1. The van der Waals surface area contributed by atoms with Gasteiger partial charge in [-0.25, -0.2) is 4.79 Å². The molecule has 3 N–H and O–H groups in total. The van der Waals surface area contributed by atoms with E-state index in [0.717, 1.165) is 64.3 Å². The van der Waals surface area contributed by atoms with E-state index in [9.17, 15) is 9.59 Å². The average molecular weight is 373 g/mol. The summed E-state index contributed by atoms with van der Waals surface area (Å²) in [5.74, 6) is 1.13. The zero-order chi connectivity index (χ0) is 18.8. The van der Waals surface area contributed by atoms with Crippen LogP contribution in [0.2, 0.25) is 0 Å². The van der Waals surface area contributed by atoms with Gasteiger partial charge in [0.1, 0.15) is 12.3 Å². The summed E-state index contributed by atoms with van der Waals surface area (Å²) >= 11 is 0. The highest BCUT2D eigenvalue weighted by atomic mass is 16.5. The fraction of sp³-hybridized carbons (Fsp3) is 0.600. The van der Waals surface area contributed by atoms with Gasteiger partial charge in [-0.2, -0.15) is 0 Å². The Balaban J connectivity index is 1.28. The van der Waals surface area contributed by atoms with Gasteiger partial charge in [-0.1, -0.05) is 0 Å². The molecule has 3 aliphatic rings. The predicted octanol–water partition coefficient (Wildman–Crippen LogP) is -0.361. The second kappa shape index (κ2) is 7.76. The fourth-order valence-corrected chi connectivity index (χ4v) is 4.50. The van der Waals surface area contributed by atoms with E-state index in [2.05, 4.69) is 18.2 Å². The SMILES string of the molecule is NC(=O)N1CCC[C@@H](C(=O)N2CC[NH+](Cc3ccc4c(c3)CCO4)CC2)C1. The molecule has 0 bridgehead atoms. The molecule has 146 valence electrons. The molecule has 0 radical (unpaired) electrons. The number of piperazine rings is 1. The normalized spacial score (nSPS) is 23.0. The zero-order valence-corrected chi connectivity index (χ0v) is 15.8. The maximum atomic E-state index is 12.8. The summed E-state index contributed by atoms with van der Waals surface area (Å²) < 4.78 is 5.58. The summed E-state index contributed by atoms with van der Waals surface area (Å²) in [7, 11) is 0. The van der Waals surface area contributed by atoms with E-state index in [-0.39, 0.29) is 11.8 Å². The average Bonchev–Trinajstić information content (AvgIpc) is 3.16. The van der Waals surface area contributed by atoms with Crippen molar-refractivity contribution in [3.8, 4) is 5.75 Å². The molecular formula is C20H29N4O3+. The van der Waals surface area contributed by atoms with E-state index < -0.39 is 6.03 Å². The molecule has 2 fully saturated rings. The third kappa shape index (κ3) is 4.03. The third-order valence-electron chi connectivity index (χ3n) is 6.07. The number of nitrogens with zero attached hydrogens (tertiary/aromatic N) is 2. The molecule has 1 aromatic rings. The molecule has 0 saturated carbocycles. The van der Waals surface area contributed by atoms with E-state index in [1.54, 1.807) is 4.90 Å². The lowest BCUT2D eigenvalue weighted by atomic mass is 9.96. The van der Waals surface area contributed by atoms with Crippen LogP contribution in [-0.4, -0.2) is 67.6 Å². The van der Waals surface area contributed by atoms with Gasteiger partial charge < -0.3 is 25.2 Å². The number of nitrogens with one attached hydrogen (secondary N) is 1. The van der Waals surface area contributed by atoms with Gasteiger partial charge in [-0.3, -0.25) is 4.79 Å². The zero-order valence-electron chi connectivity index (χ0n) is 15.8. The molecule has 2 saturated heterocycles. The second-order valence-corrected chi connectivity index (χ2v) is 7.92. The van der Waals surface area contributed by atoms with Gasteiger partial charge in [-0.15, -0.1) is 0 Å². The molecule has 0 aromatic heterocycles. The minimum atomic E-state index is -0.415. The van der Waals surface area contributed by atoms with Crippen molar-refractivity contribution < 1.29 is 19.2 Å². The van der Waals surface area contributed by atoms with Gasteiger partial charge in [0.2, 0.25) is 5.91 Å². The van der Waals surface area contributed by atoms with Gasteiger partial charge in [0, 0.05) is 25.1 Å². The van der Waals surface area contributed by atoms with Crippen LogP contribution < -0.4 is 15.4 Å². The standard InChI is InChI=1S/C20H28N4O3/c21-20(26)24-6-1-2-17(14-24)19(25)23-9-7-22(8-10-23)13-15-3-4-18-16(12-15)5-11-27-18/h3-4,12,17H,1-2,5-11,13-14H2,(H2,21,26)/p+1/t17-/m1/s1. The largest absolute Gasteiger partial charge is 0.493 e. The molecule has 1 aromatic carbocycles. The van der Waals surface area contributed by atoms with Crippen LogP contribution in [0, 0.1) is 5.92 Å². The Bertz CT molecular complexity index is 715. The monoisotopic (exact) mass is 373 g/mol. The lowest BCUT2D eigenvalue weighted by Crippen LogP contribution is -3.13. The molecule has 3 aliphatic heterocycles. The van der Waals surface area contributed by atoms with Crippen LogP contribution in [0.15, 0.2) is 18.2 Å². The van der Waals surface area contributed by atoms with Crippen molar-refractivity contribution >= 4 is 11.9 Å². The number of quaternary nitrogens is 1. The molecule has 0 aliphatic carbocycles. The first kappa shape index (κ1) is 18.1.